The van der Waals surface area contributed by atoms with Crippen molar-refractivity contribution < 1.29 is 14.3 Å². The van der Waals surface area contributed by atoms with E-state index in [1.807, 2.05) is 24.3 Å². The van der Waals surface area contributed by atoms with E-state index in [9.17, 15) is 9.59 Å². The number of carbonyl (C=O) groups excluding carboxylic acids is 2. The van der Waals surface area contributed by atoms with E-state index < -0.39 is 12.0 Å². The van der Waals surface area contributed by atoms with Gasteiger partial charge in [0.25, 0.3) is 0 Å². The van der Waals surface area contributed by atoms with Gasteiger partial charge in [0.2, 0.25) is 11.9 Å². The van der Waals surface area contributed by atoms with E-state index in [4.69, 9.17) is 22.1 Å². The van der Waals surface area contributed by atoms with E-state index in [0.717, 1.165) is 16.9 Å². The number of carbonyl (C=O) groups is 2. The van der Waals surface area contributed by atoms with Crippen LogP contribution in [-0.4, -0.2) is 37.7 Å². The number of hydrogen-bond donors (Lipinski definition) is 2. The lowest BCUT2D eigenvalue weighted by Crippen LogP contribution is -2.25. The molecule has 9 nitrogen and oxygen atoms in total. The first-order valence-electron chi connectivity index (χ1n) is 9.73. The molecule has 1 atom stereocenters. The monoisotopic (exact) mass is 494 g/mol. The number of nitrogens with zero attached hydrogens (tertiary/aromatic N) is 4. The van der Waals surface area contributed by atoms with Crippen molar-refractivity contribution in [2.45, 2.75) is 50.8 Å². The lowest BCUT2D eigenvalue weighted by atomic mass is 10.2. The Morgan fingerprint density at radius 2 is 2.00 bits per heavy atom. The number of anilines is 2. The van der Waals surface area contributed by atoms with Crippen molar-refractivity contribution >= 4 is 57.7 Å². The quantitative estimate of drug-likeness (QED) is 0.350. The summed E-state index contributed by atoms with van der Waals surface area (Å²) in [6.07, 6.45) is -0.250. The van der Waals surface area contributed by atoms with Crippen molar-refractivity contribution in [3.8, 4) is 0 Å². The van der Waals surface area contributed by atoms with Crippen molar-refractivity contribution in [3.63, 3.8) is 0 Å². The zero-order valence-electron chi connectivity index (χ0n) is 18.0. The first-order chi connectivity index (χ1) is 15.2. The van der Waals surface area contributed by atoms with Crippen LogP contribution in [0.4, 0.5) is 11.1 Å². The second-order valence-electron chi connectivity index (χ2n) is 7.14. The van der Waals surface area contributed by atoms with Crippen molar-refractivity contribution in [2.24, 2.45) is 0 Å². The molecule has 0 radical (unpaired) electrons. The Morgan fingerprint density at radius 3 is 2.69 bits per heavy atom. The molecule has 32 heavy (non-hydrogen) atoms. The summed E-state index contributed by atoms with van der Waals surface area (Å²) >= 11 is 8.65. The number of hydrogen-bond acceptors (Lipinski definition) is 9. The smallest absolute Gasteiger partial charge is 0.350 e. The molecule has 2 aromatic heterocycles. The molecule has 2 heterocycles. The largest absolute Gasteiger partial charge is 0.459 e. The number of aryl methyl sites for hydroxylation is 1. The maximum Gasteiger partial charge on any atom is 0.350 e. The van der Waals surface area contributed by atoms with Crippen LogP contribution in [0.15, 0.2) is 29.4 Å². The fraction of sp³-hybridized carbons (Fsp3) is 0.350. The zero-order chi connectivity index (χ0) is 23.4. The number of thiazole rings is 1. The minimum Gasteiger partial charge on any atom is -0.459 e. The molecular weight excluding hydrogens is 472 g/mol. The molecule has 0 aliphatic carbocycles. The van der Waals surface area contributed by atoms with Gasteiger partial charge >= 0.3 is 5.97 Å². The van der Waals surface area contributed by atoms with E-state index >= 15 is 0 Å². The normalized spacial score (nSPS) is 12.1. The van der Waals surface area contributed by atoms with Crippen LogP contribution in [0.25, 0.3) is 0 Å². The third-order valence-electron chi connectivity index (χ3n) is 4.33. The zero-order valence-corrected chi connectivity index (χ0v) is 20.3. The number of nitrogens with two attached hydrogens (primary N) is 1. The van der Waals surface area contributed by atoms with Gasteiger partial charge in [-0.25, -0.2) is 9.78 Å². The summed E-state index contributed by atoms with van der Waals surface area (Å²) in [5.74, 6) is -0.177. The lowest BCUT2D eigenvalue weighted by molar-refractivity contribution is -0.118. The van der Waals surface area contributed by atoms with E-state index in [2.05, 4.69) is 20.5 Å². The summed E-state index contributed by atoms with van der Waals surface area (Å²) in [5, 5.41) is 12.2. The van der Waals surface area contributed by atoms with Crippen LogP contribution < -0.4 is 11.1 Å². The molecule has 0 saturated heterocycles. The van der Waals surface area contributed by atoms with Gasteiger partial charge in [0.05, 0.1) is 11.8 Å². The predicted molar refractivity (Wildman–Crippen MR) is 126 cm³/mol. The number of rotatable bonds is 8. The molecule has 0 saturated carbocycles. The van der Waals surface area contributed by atoms with Gasteiger partial charge in [0, 0.05) is 10.8 Å². The van der Waals surface area contributed by atoms with Crippen molar-refractivity contribution in [3.05, 3.63) is 45.4 Å². The Hall–Kier alpha value is -2.63. The van der Waals surface area contributed by atoms with Crippen molar-refractivity contribution in [2.75, 3.05) is 11.1 Å². The van der Waals surface area contributed by atoms with Crippen molar-refractivity contribution in [1.29, 1.82) is 0 Å². The lowest BCUT2D eigenvalue weighted by Gasteiger charge is -2.15. The number of esters is 1. The van der Waals surface area contributed by atoms with Crippen molar-refractivity contribution in [1.82, 2.24) is 19.7 Å². The molecule has 0 aliphatic heterocycles. The molecule has 3 N–H and O–H groups in total. The number of ether oxygens (including phenoxy) is 1. The third-order valence-corrected chi connectivity index (χ3v) is 6.74. The van der Waals surface area contributed by atoms with Gasteiger partial charge < -0.3 is 15.8 Å². The number of halogens is 1. The number of nitrogens with one attached hydrogen (secondary N) is 1. The minimum absolute atomic E-state index is 0.117. The first kappa shape index (κ1) is 24.0. The SMILES string of the molecule is Cc1nc(NC(=O)C(C)n2c(N)nnc2SCc2ccccc2Cl)sc1C(=O)OC(C)C. The van der Waals surface area contributed by atoms with E-state index in [1.165, 1.54) is 11.8 Å². The van der Waals surface area contributed by atoms with Crippen LogP contribution in [0.2, 0.25) is 5.02 Å². The van der Waals surface area contributed by atoms with E-state index in [1.54, 1.807) is 32.3 Å². The molecule has 0 spiro atoms. The highest BCUT2D eigenvalue weighted by Gasteiger charge is 2.25. The minimum atomic E-state index is -0.714. The van der Waals surface area contributed by atoms with Gasteiger partial charge in [-0.2, -0.15) is 0 Å². The molecule has 170 valence electrons. The summed E-state index contributed by atoms with van der Waals surface area (Å²) in [5.41, 5.74) is 7.41. The Labute approximate surface area is 198 Å². The molecule has 0 fully saturated rings. The highest BCUT2D eigenvalue weighted by atomic mass is 35.5. The number of nitrogen functional groups attached to an aromatic ring is 1. The van der Waals surface area contributed by atoms with Gasteiger partial charge in [-0.1, -0.05) is 52.9 Å². The molecule has 3 rings (SSSR count). The van der Waals surface area contributed by atoms with Gasteiger partial charge in [-0.05, 0) is 39.3 Å². The average molecular weight is 495 g/mol. The van der Waals surface area contributed by atoms with Crippen LogP contribution in [0.1, 0.15) is 47.7 Å². The second kappa shape index (κ2) is 10.3. The topological polar surface area (TPSA) is 125 Å². The maximum atomic E-state index is 12.9. The van der Waals surface area contributed by atoms with E-state index in [0.29, 0.717) is 31.6 Å². The standard InChI is InChI=1S/C20H23ClN6O3S2/c1-10(2)30-17(29)15-11(3)23-19(32-15)24-16(28)12(4)27-18(22)25-26-20(27)31-9-13-7-5-6-8-14(13)21/h5-8,10,12H,9H2,1-4H3,(H2,22,25)(H,23,24,28). The number of amides is 1. The highest BCUT2D eigenvalue weighted by molar-refractivity contribution is 7.98. The highest BCUT2D eigenvalue weighted by Crippen LogP contribution is 2.30. The van der Waals surface area contributed by atoms with Crippen LogP contribution in [0.3, 0.4) is 0 Å². The summed E-state index contributed by atoms with van der Waals surface area (Å²) in [6, 6.07) is 6.78. The van der Waals surface area contributed by atoms with Crippen LogP contribution in [0.5, 0.6) is 0 Å². The summed E-state index contributed by atoms with van der Waals surface area (Å²) in [4.78, 5) is 29.7. The van der Waals surface area contributed by atoms with E-state index in [-0.39, 0.29) is 18.0 Å². The molecule has 3 aromatic rings. The molecular formula is C20H23ClN6O3S2. The second-order valence-corrected chi connectivity index (χ2v) is 9.49. The van der Waals surface area contributed by atoms with Crippen LogP contribution >= 0.6 is 34.7 Å². The molecule has 0 aliphatic rings. The fourth-order valence-electron chi connectivity index (χ4n) is 2.74. The average Bonchev–Trinajstić information content (AvgIpc) is 3.28. The molecule has 12 heteroatoms. The first-order valence-corrected chi connectivity index (χ1v) is 11.9. The van der Waals surface area contributed by atoms with Crippen LogP contribution in [-0.2, 0) is 15.3 Å². The molecule has 1 amide bonds. The van der Waals surface area contributed by atoms with Gasteiger partial charge in [-0.15, -0.1) is 10.2 Å². The third kappa shape index (κ3) is 5.59. The Bertz CT molecular complexity index is 1130. The Kier molecular flexibility index (Phi) is 7.75. The van der Waals surface area contributed by atoms with Crippen LogP contribution in [0, 0.1) is 6.92 Å². The summed E-state index contributed by atoms with van der Waals surface area (Å²) < 4.78 is 6.76. The molecule has 1 unspecified atom stereocenters. The fourth-order valence-corrected chi connectivity index (χ4v) is 4.90. The van der Waals surface area contributed by atoms with Gasteiger partial charge in [0.1, 0.15) is 10.9 Å². The number of aromatic nitrogens is 4. The number of benzene rings is 1. The molecule has 0 bridgehead atoms. The van der Waals surface area contributed by atoms with Gasteiger partial charge in [-0.3, -0.25) is 9.36 Å². The summed E-state index contributed by atoms with van der Waals surface area (Å²) in [7, 11) is 0. The Morgan fingerprint density at radius 1 is 1.28 bits per heavy atom. The summed E-state index contributed by atoms with van der Waals surface area (Å²) in [6.45, 7) is 6.91. The maximum absolute atomic E-state index is 12.9. The number of thioether (sulfide) groups is 1. The molecule has 1 aromatic carbocycles. The Balaban J connectivity index is 1.72. The predicted octanol–water partition coefficient (Wildman–Crippen LogP) is 4.34. The van der Waals surface area contributed by atoms with Gasteiger partial charge in [0.15, 0.2) is 10.3 Å².